The van der Waals surface area contributed by atoms with Crippen molar-refractivity contribution in [3.63, 3.8) is 0 Å². The van der Waals surface area contributed by atoms with Crippen LogP contribution in [0.5, 0.6) is 0 Å². The van der Waals surface area contributed by atoms with Gasteiger partial charge in [-0.1, -0.05) is 6.92 Å². The summed E-state index contributed by atoms with van der Waals surface area (Å²) in [4.78, 5) is 6.36. The Morgan fingerprint density at radius 1 is 1.60 bits per heavy atom. The number of hydrogen-bond acceptors (Lipinski definition) is 4. The summed E-state index contributed by atoms with van der Waals surface area (Å²) >= 11 is 0. The van der Waals surface area contributed by atoms with Crippen LogP contribution < -0.4 is 5.73 Å². The van der Waals surface area contributed by atoms with Crippen LogP contribution in [-0.4, -0.2) is 16.4 Å². The lowest BCUT2D eigenvalue weighted by Gasteiger charge is -2.12. The highest BCUT2D eigenvalue weighted by Gasteiger charge is 2.22. The van der Waals surface area contributed by atoms with Crippen LogP contribution in [0.3, 0.4) is 0 Å². The molecule has 0 aliphatic carbocycles. The first-order valence-electron chi connectivity index (χ1n) is 5.15. The maximum Gasteiger partial charge on any atom is 0.141 e. The first-order valence-corrected chi connectivity index (χ1v) is 5.15. The minimum absolute atomic E-state index is 0.356. The Bertz CT molecular complexity index is 419. The van der Waals surface area contributed by atoms with Gasteiger partial charge in [-0.25, -0.2) is 4.98 Å². The molecule has 0 saturated heterocycles. The van der Waals surface area contributed by atoms with Crippen LogP contribution in [0.2, 0.25) is 0 Å². The van der Waals surface area contributed by atoms with Gasteiger partial charge in [0.05, 0.1) is 5.56 Å². The summed E-state index contributed by atoms with van der Waals surface area (Å²) in [6, 6.07) is 2.14. The third-order valence-corrected chi connectivity index (χ3v) is 2.73. The number of nitrogens with zero attached hydrogens (tertiary/aromatic N) is 3. The lowest BCUT2D eigenvalue weighted by Crippen LogP contribution is -2.16. The molecule has 2 N–H and O–H groups in total. The van der Waals surface area contributed by atoms with Gasteiger partial charge >= 0.3 is 0 Å². The summed E-state index contributed by atoms with van der Waals surface area (Å²) in [6.07, 6.45) is 2.92. The van der Waals surface area contributed by atoms with Gasteiger partial charge in [0.2, 0.25) is 0 Å². The first kappa shape index (κ1) is 9.94. The third kappa shape index (κ3) is 1.66. The molecule has 1 aromatic heterocycles. The van der Waals surface area contributed by atoms with Gasteiger partial charge in [0, 0.05) is 19.3 Å². The molecule has 1 aromatic rings. The van der Waals surface area contributed by atoms with E-state index in [1.807, 2.05) is 0 Å². The molecule has 1 aliphatic heterocycles. The van der Waals surface area contributed by atoms with Crippen LogP contribution in [0.25, 0.3) is 0 Å². The number of rotatable bonds is 2. The second kappa shape index (κ2) is 3.87. The average Bonchev–Trinajstić information content (AvgIpc) is 2.61. The number of nitrogens with two attached hydrogens (primary N) is 1. The summed E-state index contributed by atoms with van der Waals surface area (Å²) in [5.41, 5.74) is 8.45. The zero-order valence-corrected chi connectivity index (χ0v) is 8.82. The van der Waals surface area contributed by atoms with Gasteiger partial charge in [-0.15, -0.1) is 0 Å². The predicted octanol–water partition coefficient (Wildman–Crippen LogP) is 1.26. The number of pyridine rings is 1. The number of hydrogen-bond donors (Lipinski definition) is 1. The lowest BCUT2D eigenvalue weighted by molar-refractivity contribution is 0.285. The molecule has 0 bridgehead atoms. The molecule has 0 spiro atoms. The highest BCUT2D eigenvalue weighted by Crippen LogP contribution is 2.27. The second-order valence-electron chi connectivity index (χ2n) is 3.84. The van der Waals surface area contributed by atoms with Crippen LogP contribution in [0.1, 0.15) is 30.0 Å². The number of anilines is 1. The average molecular weight is 202 g/mol. The van der Waals surface area contributed by atoms with Crippen molar-refractivity contribution in [1.29, 1.82) is 5.26 Å². The molecule has 1 aliphatic rings. The van der Waals surface area contributed by atoms with Crippen molar-refractivity contribution < 1.29 is 0 Å². The first-order chi connectivity index (χ1) is 7.26. The molecule has 78 valence electrons. The zero-order chi connectivity index (χ0) is 10.8. The molecule has 4 nitrogen and oxygen atoms in total. The molecule has 0 fully saturated rings. The van der Waals surface area contributed by atoms with Gasteiger partial charge in [-0.05, 0) is 24.1 Å². The van der Waals surface area contributed by atoms with E-state index in [1.54, 1.807) is 6.20 Å². The Labute approximate surface area is 89.3 Å². The minimum Gasteiger partial charge on any atom is -0.383 e. The van der Waals surface area contributed by atoms with E-state index in [0.29, 0.717) is 11.4 Å². The summed E-state index contributed by atoms with van der Waals surface area (Å²) in [7, 11) is 0. The molecule has 0 amide bonds. The molecule has 15 heavy (non-hydrogen) atoms. The summed E-state index contributed by atoms with van der Waals surface area (Å²) < 4.78 is 0. The Hall–Kier alpha value is -1.60. The maximum absolute atomic E-state index is 9.01. The predicted molar refractivity (Wildman–Crippen MR) is 57.8 cm³/mol. The van der Waals surface area contributed by atoms with Crippen molar-refractivity contribution in [2.75, 3.05) is 12.3 Å². The van der Waals surface area contributed by atoms with Crippen LogP contribution in [0, 0.1) is 11.3 Å². The van der Waals surface area contributed by atoms with Crippen LogP contribution in [0.4, 0.5) is 5.82 Å². The van der Waals surface area contributed by atoms with Gasteiger partial charge in [0.25, 0.3) is 0 Å². The van der Waals surface area contributed by atoms with Crippen LogP contribution in [0.15, 0.2) is 6.20 Å². The smallest absolute Gasteiger partial charge is 0.141 e. The molecular weight excluding hydrogens is 188 g/mol. The normalized spacial score (nSPS) is 14.9. The largest absolute Gasteiger partial charge is 0.383 e. The zero-order valence-electron chi connectivity index (χ0n) is 8.82. The standard InChI is InChI=1S/C11H14N4/c1-2-3-15-6-8-5-14-11(13)9(4-12)10(8)7-15/h5H,2-3,6-7H2,1H3,(H2,13,14). The van der Waals surface area contributed by atoms with Gasteiger partial charge in [0.1, 0.15) is 11.9 Å². The third-order valence-electron chi connectivity index (χ3n) is 2.73. The summed E-state index contributed by atoms with van der Waals surface area (Å²) in [5.74, 6) is 0.356. The van der Waals surface area contributed by atoms with Crippen molar-refractivity contribution in [3.8, 4) is 6.07 Å². The van der Waals surface area contributed by atoms with Crippen molar-refractivity contribution in [2.45, 2.75) is 26.4 Å². The van der Waals surface area contributed by atoms with Crippen molar-refractivity contribution in [1.82, 2.24) is 9.88 Å². The number of nitriles is 1. The molecule has 0 unspecified atom stereocenters. The van der Waals surface area contributed by atoms with Gasteiger partial charge in [-0.2, -0.15) is 5.26 Å². The number of aromatic nitrogens is 1. The Balaban J connectivity index is 2.34. The fourth-order valence-corrected chi connectivity index (χ4v) is 2.04. The fraction of sp³-hybridized carbons (Fsp3) is 0.455. The minimum atomic E-state index is 0.356. The molecule has 0 saturated carbocycles. The van der Waals surface area contributed by atoms with E-state index in [-0.39, 0.29) is 0 Å². The summed E-state index contributed by atoms with van der Waals surface area (Å²) in [6.45, 7) is 4.93. The quantitative estimate of drug-likeness (QED) is 0.784. The van der Waals surface area contributed by atoms with E-state index in [2.05, 4.69) is 22.9 Å². The molecule has 0 atom stereocenters. The van der Waals surface area contributed by atoms with Gasteiger partial charge in [-0.3, -0.25) is 4.90 Å². The van der Waals surface area contributed by atoms with E-state index in [4.69, 9.17) is 11.0 Å². The molecule has 2 heterocycles. The SMILES string of the molecule is CCCN1Cc2cnc(N)c(C#N)c2C1. The molecule has 4 heteroatoms. The van der Waals surface area contributed by atoms with Crippen molar-refractivity contribution in [2.24, 2.45) is 0 Å². The number of nitrogen functional groups attached to an aromatic ring is 1. The van der Waals surface area contributed by atoms with E-state index >= 15 is 0 Å². The van der Waals surface area contributed by atoms with Crippen LogP contribution >= 0.6 is 0 Å². The van der Waals surface area contributed by atoms with Crippen molar-refractivity contribution in [3.05, 3.63) is 22.9 Å². The van der Waals surface area contributed by atoms with E-state index in [0.717, 1.165) is 37.2 Å². The molecule has 0 radical (unpaired) electrons. The van der Waals surface area contributed by atoms with E-state index in [9.17, 15) is 0 Å². The van der Waals surface area contributed by atoms with Gasteiger partial charge in [0.15, 0.2) is 0 Å². The highest BCUT2D eigenvalue weighted by atomic mass is 15.1. The highest BCUT2D eigenvalue weighted by molar-refractivity contribution is 5.56. The monoisotopic (exact) mass is 202 g/mol. The summed E-state index contributed by atoms with van der Waals surface area (Å²) in [5, 5.41) is 9.01. The topological polar surface area (TPSA) is 65.9 Å². The van der Waals surface area contributed by atoms with Gasteiger partial charge < -0.3 is 5.73 Å². The molecular formula is C11H14N4. The Morgan fingerprint density at radius 3 is 3.07 bits per heavy atom. The van der Waals surface area contributed by atoms with Crippen molar-refractivity contribution >= 4 is 5.82 Å². The van der Waals surface area contributed by atoms with E-state index < -0.39 is 0 Å². The Kier molecular flexibility index (Phi) is 2.57. The maximum atomic E-state index is 9.01. The Morgan fingerprint density at radius 2 is 2.40 bits per heavy atom. The molecule has 0 aromatic carbocycles. The second-order valence-corrected chi connectivity index (χ2v) is 3.84. The lowest BCUT2D eigenvalue weighted by atomic mass is 10.1. The molecule has 2 rings (SSSR count). The fourth-order valence-electron chi connectivity index (χ4n) is 2.04. The van der Waals surface area contributed by atoms with Crippen LogP contribution in [-0.2, 0) is 13.1 Å². The van der Waals surface area contributed by atoms with E-state index in [1.165, 1.54) is 0 Å². The number of fused-ring (bicyclic) bond motifs is 1.